The average molecular weight is 219 g/mol. The molecule has 0 radical (unpaired) electrons. The Hall–Kier alpha value is -1.29. The van der Waals surface area contributed by atoms with Crippen molar-refractivity contribution in [3.63, 3.8) is 0 Å². The lowest BCUT2D eigenvalue weighted by Crippen LogP contribution is -2.36. The Morgan fingerprint density at radius 1 is 1.25 bits per heavy atom. The van der Waals surface area contributed by atoms with Crippen LogP contribution in [0, 0.1) is 0 Å². The molecule has 0 unspecified atom stereocenters. The minimum absolute atomic E-state index is 0.644. The molecule has 1 saturated heterocycles. The third kappa shape index (κ3) is 1.97. The third-order valence-electron chi connectivity index (χ3n) is 3.24. The molecule has 3 rings (SSSR count). The van der Waals surface area contributed by atoms with Gasteiger partial charge in [0.1, 0.15) is 11.6 Å². The number of nitrogen functional groups attached to an aromatic ring is 1. The molecule has 86 valence electrons. The van der Waals surface area contributed by atoms with Gasteiger partial charge in [-0.3, -0.25) is 0 Å². The molecule has 2 fully saturated rings. The van der Waals surface area contributed by atoms with Gasteiger partial charge in [0.15, 0.2) is 0 Å². The molecule has 0 aromatic carbocycles. The number of pyridine rings is 1. The molecule has 1 aliphatic carbocycles. The molecule has 0 atom stereocenters. The van der Waals surface area contributed by atoms with Crippen LogP contribution >= 0.6 is 0 Å². The van der Waals surface area contributed by atoms with Crippen LogP contribution in [0.5, 0.6) is 0 Å². The number of ether oxygens (including phenoxy) is 1. The standard InChI is InChI=1S/C12H17N3O/c13-11-7-10(9-1-2-9)8-12(14-11)15-3-5-16-6-4-15/h7-9H,1-6H2,(H2,13,14). The summed E-state index contributed by atoms with van der Waals surface area (Å²) < 4.78 is 5.34. The number of nitrogens with two attached hydrogens (primary N) is 1. The van der Waals surface area contributed by atoms with Crippen LogP contribution in [0.2, 0.25) is 0 Å². The summed E-state index contributed by atoms with van der Waals surface area (Å²) in [4.78, 5) is 6.67. The molecule has 4 nitrogen and oxygen atoms in total. The van der Waals surface area contributed by atoms with Gasteiger partial charge in [-0.05, 0) is 36.5 Å². The van der Waals surface area contributed by atoms with Gasteiger partial charge < -0.3 is 15.4 Å². The molecule has 0 bridgehead atoms. The fourth-order valence-corrected chi connectivity index (χ4v) is 2.17. The summed E-state index contributed by atoms with van der Waals surface area (Å²) in [7, 11) is 0. The number of rotatable bonds is 2. The first-order valence-electron chi connectivity index (χ1n) is 5.93. The van der Waals surface area contributed by atoms with Gasteiger partial charge in [-0.1, -0.05) is 0 Å². The SMILES string of the molecule is Nc1cc(C2CC2)cc(N2CCOCC2)n1. The number of nitrogens with zero attached hydrogens (tertiary/aromatic N) is 2. The average Bonchev–Trinajstić information content (AvgIpc) is 3.13. The lowest BCUT2D eigenvalue weighted by Gasteiger charge is -2.28. The van der Waals surface area contributed by atoms with Crippen LogP contribution in [-0.2, 0) is 4.74 Å². The van der Waals surface area contributed by atoms with E-state index in [0.717, 1.165) is 38.0 Å². The molecule has 2 heterocycles. The highest BCUT2D eigenvalue weighted by atomic mass is 16.5. The van der Waals surface area contributed by atoms with Crippen LogP contribution in [0.3, 0.4) is 0 Å². The van der Waals surface area contributed by atoms with Gasteiger partial charge in [-0.15, -0.1) is 0 Å². The molecule has 0 amide bonds. The number of anilines is 2. The second kappa shape index (κ2) is 3.94. The fourth-order valence-electron chi connectivity index (χ4n) is 2.17. The molecular weight excluding hydrogens is 202 g/mol. The Kier molecular flexibility index (Phi) is 2.44. The predicted molar refractivity (Wildman–Crippen MR) is 63.7 cm³/mol. The second-order valence-corrected chi connectivity index (χ2v) is 4.56. The predicted octanol–water partition coefficient (Wildman–Crippen LogP) is 1.38. The minimum Gasteiger partial charge on any atom is -0.384 e. The van der Waals surface area contributed by atoms with Crippen LogP contribution in [0.15, 0.2) is 12.1 Å². The highest BCUT2D eigenvalue weighted by Gasteiger charge is 2.25. The molecule has 1 saturated carbocycles. The van der Waals surface area contributed by atoms with Crippen molar-refractivity contribution in [3.05, 3.63) is 17.7 Å². The van der Waals surface area contributed by atoms with Gasteiger partial charge in [-0.2, -0.15) is 0 Å². The van der Waals surface area contributed by atoms with Gasteiger partial charge in [0.25, 0.3) is 0 Å². The first kappa shape index (κ1) is 9.90. The first-order chi connectivity index (χ1) is 7.83. The molecule has 4 heteroatoms. The van der Waals surface area contributed by atoms with Crippen molar-refractivity contribution in [2.45, 2.75) is 18.8 Å². The van der Waals surface area contributed by atoms with E-state index in [1.165, 1.54) is 18.4 Å². The van der Waals surface area contributed by atoms with Gasteiger partial charge in [0.2, 0.25) is 0 Å². The van der Waals surface area contributed by atoms with E-state index in [2.05, 4.69) is 16.0 Å². The molecule has 1 aliphatic heterocycles. The zero-order valence-electron chi connectivity index (χ0n) is 9.35. The lowest BCUT2D eigenvalue weighted by atomic mass is 10.1. The van der Waals surface area contributed by atoms with Crippen LogP contribution in [0.25, 0.3) is 0 Å². The molecule has 1 aromatic heterocycles. The Morgan fingerprint density at radius 3 is 2.69 bits per heavy atom. The molecule has 2 N–H and O–H groups in total. The second-order valence-electron chi connectivity index (χ2n) is 4.56. The van der Waals surface area contributed by atoms with Gasteiger partial charge in [0.05, 0.1) is 13.2 Å². The number of hydrogen-bond acceptors (Lipinski definition) is 4. The summed E-state index contributed by atoms with van der Waals surface area (Å²) in [6.07, 6.45) is 2.60. The van der Waals surface area contributed by atoms with E-state index in [1.807, 2.05) is 6.07 Å². The highest BCUT2D eigenvalue weighted by Crippen LogP contribution is 2.41. The van der Waals surface area contributed by atoms with E-state index >= 15 is 0 Å². The Bertz CT molecular complexity index is 384. The number of hydrogen-bond donors (Lipinski definition) is 1. The van der Waals surface area contributed by atoms with E-state index in [0.29, 0.717) is 5.82 Å². The van der Waals surface area contributed by atoms with Crippen molar-refractivity contribution in [1.82, 2.24) is 4.98 Å². The first-order valence-corrected chi connectivity index (χ1v) is 5.93. The summed E-state index contributed by atoms with van der Waals surface area (Å²) in [6, 6.07) is 4.21. The number of aromatic nitrogens is 1. The fraction of sp³-hybridized carbons (Fsp3) is 0.583. The van der Waals surface area contributed by atoms with Crippen molar-refractivity contribution in [3.8, 4) is 0 Å². The van der Waals surface area contributed by atoms with Crippen LogP contribution in [0.1, 0.15) is 24.3 Å². The smallest absolute Gasteiger partial charge is 0.131 e. The molecule has 1 aromatic rings. The van der Waals surface area contributed by atoms with Gasteiger partial charge >= 0.3 is 0 Å². The number of morpholine rings is 1. The molecule has 2 aliphatic rings. The maximum atomic E-state index is 5.86. The van der Waals surface area contributed by atoms with Crippen LogP contribution < -0.4 is 10.6 Å². The third-order valence-corrected chi connectivity index (χ3v) is 3.24. The molecular formula is C12H17N3O. The summed E-state index contributed by atoms with van der Waals surface area (Å²) in [6.45, 7) is 3.41. The Balaban J connectivity index is 1.86. The van der Waals surface area contributed by atoms with Crippen molar-refractivity contribution in [2.75, 3.05) is 36.9 Å². The molecule has 0 spiro atoms. The zero-order valence-corrected chi connectivity index (χ0v) is 9.35. The van der Waals surface area contributed by atoms with Gasteiger partial charge in [0, 0.05) is 13.1 Å². The van der Waals surface area contributed by atoms with Crippen LogP contribution in [-0.4, -0.2) is 31.3 Å². The molecule has 16 heavy (non-hydrogen) atoms. The Morgan fingerprint density at radius 2 is 2.00 bits per heavy atom. The van der Waals surface area contributed by atoms with E-state index < -0.39 is 0 Å². The van der Waals surface area contributed by atoms with E-state index in [-0.39, 0.29) is 0 Å². The minimum atomic E-state index is 0.644. The van der Waals surface area contributed by atoms with E-state index in [4.69, 9.17) is 10.5 Å². The maximum absolute atomic E-state index is 5.86. The normalized spacial score (nSPS) is 21.1. The van der Waals surface area contributed by atoms with Crippen molar-refractivity contribution in [1.29, 1.82) is 0 Å². The summed E-state index contributed by atoms with van der Waals surface area (Å²) in [5.41, 5.74) is 7.22. The van der Waals surface area contributed by atoms with E-state index in [1.54, 1.807) is 0 Å². The quantitative estimate of drug-likeness (QED) is 0.816. The summed E-state index contributed by atoms with van der Waals surface area (Å²) >= 11 is 0. The maximum Gasteiger partial charge on any atom is 0.131 e. The Labute approximate surface area is 95.4 Å². The van der Waals surface area contributed by atoms with Crippen LogP contribution in [0.4, 0.5) is 11.6 Å². The highest BCUT2D eigenvalue weighted by molar-refractivity contribution is 5.50. The van der Waals surface area contributed by atoms with Crippen molar-refractivity contribution < 1.29 is 4.74 Å². The van der Waals surface area contributed by atoms with E-state index in [9.17, 15) is 0 Å². The summed E-state index contributed by atoms with van der Waals surface area (Å²) in [5.74, 6) is 2.39. The topological polar surface area (TPSA) is 51.4 Å². The lowest BCUT2D eigenvalue weighted by molar-refractivity contribution is 0.122. The van der Waals surface area contributed by atoms with Crippen molar-refractivity contribution in [2.24, 2.45) is 0 Å². The monoisotopic (exact) mass is 219 g/mol. The van der Waals surface area contributed by atoms with Crippen molar-refractivity contribution >= 4 is 11.6 Å². The largest absolute Gasteiger partial charge is 0.384 e. The summed E-state index contributed by atoms with van der Waals surface area (Å²) in [5, 5.41) is 0. The zero-order chi connectivity index (χ0) is 11.0. The van der Waals surface area contributed by atoms with Gasteiger partial charge in [-0.25, -0.2) is 4.98 Å².